The lowest BCUT2D eigenvalue weighted by molar-refractivity contribution is 0.0605. The Morgan fingerprint density at radius 1 is 1.12 bits per heavy atom. The number of hydrogen-bond donors (Lipinski definition) is 2. The molecule has 0 bridgehead atoms. The first kappa shape index (κ1) is 20.3. The lowest BCUT2D eigenvalue weighted by Crippen LogP contribution is -2.55. The van der Waals surface area contributed by atoms with Crippen molar-refractivity contribution in [2.24, 2.45) is 0 Å². The van der Waals surface area contributed by atoms with Gasteiger partial charge >= 0.3 is 0 Å². The minimum atomic E-state index is -0.857. The molecule has 2 fully saturated rings. The zero-order valence-corrected chi connectivity index (χ0v) is 17.7. The first-order chi connectivity index (χ1) is 16.1. The number of nitrogens with one attached hydrogen (secondary N) is 2. The van der Waals surface area contributed by atoms with E-state index in [0.29, 0.717) is 56.8 Å². The average molecular weight is 456 g/mol. The van der Waals surface area contributed by atoms with E-state index < -0.39 is 11.6 Å². The summed E-state index contributed by atoms with van der Waals surface area (Å²) in [5.41, 5.74) is 0.156. The molecular weight excluding hydrogens is 434 g/mol. The number of piperazine rings is 1. The maximum atomic E-state index is 16.0. The molecule has 1 amide bonds. The maximum Gasteiger partial charge on any atom is 0.261 e. The number of morpholine rings is 1. The molecule has 2 N–H and O–H groups in total. The second-order valence-corrected chi connectivity index (χ2v) is 8.33. The molecule has 5 heterocycles. The summed E-state index contributed by atoms with van der Waals surface area (Å²) in [6, 6.07) is 2.59. The SMILES string of the molecule is O=C1c2c(N3CCOCC3)nc(-c3c(F)ccc4cn[nH]c34)c(F)c2OC[C@H]2CNCCN12. The number of H-pyrrole nitrogens is 1. The van der Waals surface area contributed by atoms with E-state index in [2.05, 4.69) is 20.5 Å². The van der Waals surface area contributed by atoms with E-state index in [9.17, 15) is 4.79 Å². The number of rotatable bonds is 2. The molecule has 1 aromatic carbocycles. The summed E-state index contributed by atoms with van der Waals surface area (Å²) in [6.07, 6.45) is 1.54. The van der Waals surface area contributed by atoms with Crippen molar-refractivity contribution in [2.75, 3.05) is 57.4 Å². The lowest BCUT2D eigenvalue weighted by atomic mass is 10.0. The van der Waals surface area contributed by atoms with E-state index >= 15 is 8.78 Å². The zero-order chi connectivity index (χ0) is 22.5. The number of benzene rings is 1. The number of aromatic nitrogens is 3. The first-order valence-corrected chi connectivity index (χ1v) is 11.0. The van der Waals surface area contributed by atoms with Gasteiger partial charge in [0.25, 0.3) is 5.91 Å². The predicted molar refractivity (Wildman–Crippen MR) is 115 cm³/mol. The van der Waals surface area contributed by atoms with Gasteiger partial charge in [-0.2, -0.15) is 5.10 Å². The largest absolute Gasteiger partial charge is 0.487 e. The molecule has 11 heteroatoms. The van der Waals surface area contributed by atoms with Crippen LogP contribution in [-0.2, 0) is 4.74 Å². The molecule has 172 valence electrons. The van der Waals surface area contributed by atoms with Crippen molar-refractivity contribution in [3.63, 3.8) is 0 Å². The Bertz CT molecular complexity index is 1240. The van der Waals surface area contributed by atoms with Gasteiger partial charge < -0.3 is 24.6 Å². The topological polar surface area (TPSA) is 95.6 Å². The van der Waals surface area contributed by atoms with Crippen LogP contribution in [0.15, 0.2) is 18.3 Å². The number of nitrogens with zero attached hydrogens (tertiary/aromatic N) is 4. The van der Waals surface area contributed by atoms with Crippen LogP contribution in [0, 0.1) is 11.6 Å². The fourth-order valence-electron chi connectivity index (χ4n) is 4.75. The molecule has 1 atom stereocenters. The van der Waals surface area contributed by atoms with Crippen LogP contribution < -0.4 is 15.0 Å². The highest BCUT2D eigenvalue weighted by atomic mass is 19.1. The van der Waals surface area contributed by atoms with Crippen molar-refractivity contribution in [1.82, 2.24) is 25.4 Å². The molecule has 2 aromatic heterocycles. The maximum absolute atomic E-state index is 16.0. The number of anilines is 1. The van der Waals surface area contributed by atoms with Crippen molar-refractivity contribution in [3.05, 3.63) is 35.5 Å². The minimum absolute atomic E-state index is 0.0421. The molecule has 0 radical (unpaired) electrons. The second kappa shape index (κ2) is 7.92. The van der Waals surface area contributed by atoms with Gasteiger partial charge in [-0.1, -0.05) is 0 Å². The number of halogens is 2. The molecule has 33 heavy (non-hydrogen) atoms. The van der Waals surface area contributed by atoms with Crippen molar-refractivity contribution >= 4 is 22.6 Å². The monoisotopic (exact) mass is 456 g/mol. The number of aromatic amines is 1. The third-order valence-electron chi connectivity index (χ3n) is 6.43. The summed E-state index contributed by atoms with van der Waals surface area (Å²) in [5, 5.41) is 10.6. The summed E-state index contributed by atoms with van der Waals surface area (Å²) in [7, 11) is 0. The quantitative estimate of drug-likeness (QED) is 0.604. The number of hydrogen-bond acceptors (Lipinski definition) is 7. The summed E-state index contributed by atoms with van der Waals surface area (Å²) >= 11 is 0. The Balaban J connectivity index is 1.60. The van der Waals surface area contributed by atoms with Gasteiger partial charge in [-0.25, -0.2) is 13.8 Å². The third kappa shape index (κ3) is 3.22. The Kier molecular flexibility index (Phi) is 4.88. The van der Waals surface area contributed by atoms with Gasteiger partial charge in [-0.3, -0.25) is 9.89 Å². The van der Waals surface area contributed by atoms with Gasteiger partial charge in [0.1, 0.15) is 29.5 Å². The predicted octanol–water partition coefficient (Wildman–Crippen LogP) is 1.55. The minimum Gasteiger partial charge on any atom is -0.487 e. The third-order valence-corrected chi connectivity index (χ3v) is 6.43. The number of pyridine rings is 1. The van der Waals surface area contributed by atoms with Crippen LogP contribution in [0.1, 0.15) is 10.4 Å². The normalized spacial score (nSPS) is 20.9. The van der Waals surface area contributed by atoms with Crippen LogP contribution in [0.2, 0.25) is 0 Å². The van der Waals surface area contributed by atoms with Crippen molar-refractivity contribution in [2.45, 2.75) is 6.04 Å². The second-order valence-electron chi connectivity index (χ2n) is 8.33. The molecule has 6 rings (SSSR count). The van der Waals surface area contributed by atoms with E-state index in [1.165, 1.54) is 12.3 Å². The molecule has 0 spiro atoms. The molecule has 3 aromatic rings. The molecule has 0 saturated carbocycles. The number of carbonyl (C=O) groups excluding carboxylic acids is 1. The Morgan fingerprint density at radius 2 is 1.97 bits per heavy atom. The van der Waals surface area contributed by atoms with Crippen molar-refractivity contribution in [3.8, 4) is 17.0 Å². The highest BCUT2D eigenvalue weighted by Gasteiger charge is 2.39. The Labute approximate surface area is 187 Å². The highest BCUT2D eigenvalue weighted by Crippen LogP contribution is 2.41. The van der Waals surface area contributed by atoms with Crippen LogP contribution in [0.4, 0.5) is 14.6 Å². The van der Waals surface area contributed by atoms with Crippen molar-refractivity contribution < 1.29 is 23.0 Å². The summed E-state index contributed by atoms with van der Waals surface area (Å²) in [6.45, 7) is 3.64. The Hall–Kier alpha value is -3.31. The van der Waals surface area contributed by atoms with Crippen molar-refractivity contribution in [1.29, 1.82) is 0 Å². The van der Waals surface area contributed by atoms with Gasteiger partial charge in [-0.15, -0.1) is 0 Å². The van der Waals surface area contributed by atoms with Crippen LogP contribution in [0.5, 0.6) is 5.75 Å². The summed E-state index contributed by atoms with van der Waals surface area (Å²) in [4.78, 5) is 21.8. The number of amides is 1. The van der Waals surface area contributed by atoms with Gasteiger partial charge in [-0.05, 0) is 12.1 Å². The molecule has 2 saturated heterocycles. The lowest BCUT2D eigenvalue weighted by Gasteiger charge is -2.34. The van der Waals surface area contributed by atoms with Crippen LogP contribution in [0.3, 0.4) is 0 Å². The molecule has 0 aliphatic carbocycles. The van der Waals surface area contributed by atoms with Crippen LogP contribution in [-0.4, -0.2) is 84.6 Å². The van der Waals surface area contributed by atoms with Crippen LogP contribution >= 0.6 is 0 Å². The standard InChI is InChI=1S/C22H22F2N6O3/c23-14-2-1-12-9-26-28-18(12)15(14)19-17(24)20-16(21(27-19)29-5-7-32-8-6-29)22(31)30-4-3-25-10-13(30)11-33-20/h1-2,9,13,25H,3-8,10-11H2,(H,26,28)/t13-/m1/s1. The Morgan fingerprint density at radius 3 is 2.82 bits per heavy atom. The van der Waals surface area contributed by atoms with E-state index in [-0.39, 0.29) is 46.9 Å². The summed E-state index contributed by atoms with van der Waals surface area (Å²) < 4.78 is 42.4. The first-order valence-electron chi connectivity index (χ1n) is 11.0. The van der Waals surface area contributed by atoms with E-state index in [1.54, 1.807) is 11.0 Å². The number of ether oxygens (including phenoxy) is 2. The molecule has 9 nitrogen and oxygen atoms in total. The smallest absolute Gasteiger partial charge is 0.261 e. The van der Waals surface area contributed by atoms with Gasteiger partial charge in [0, 0.05) is 38.1 Å². The average Bonchev–Trinajstić information content (AvgIpc) is 3.27. The number of fused-ring (bicyclic) bond motifs is 3. The molecule has 3 aliphatic rings. The van der Waals surface area contributed by atoms with Gasteiger partial charge in [0.05, 0.1) is 36.5 Å². The molecule has 0 unspecified atom stereocenters. The van der Waals surface area contributed by atoms with E-state index in [1.807, 2.05) is 4.90 Å². The fraction of sp³-hybridized carbons (Fsp3) is 0.409. The number of carbonyl (C=O) groups is 1. The van der Waals surface area contributed by atoms with Crippen LogP contribution in [0.25, 0.3) is 22.2 Å². The van der Waals surface area contributed by atoms with Gasteiger partial charge in [0.15, 0.2) is 11.6 Å². The molecular formula is C22H22F2N6O3. The fourth-order valence-corrected chi connectivity index (χ4v) is 4.75. The van der Waals surface area contributed by atoms with E-state index in [0.717, 1.165) is 0 Å². The van der Waals surface area contributed by atoms with Gasteiger partial charge in [0.2, 0.25) is 0 Å². The highest BCUT2D eigenvalue weighted by molar-refractivity contribution is 6.04. The van der Waals surface area contributed by atoms with E-state index in [4.69, 9.17) is 9.47 Å². The molecule has 3 aliphatic heterocycles. The zero-order valence-electron chi connectivity index (χ0n) is 17.7. The summed E-state index contributed by atoms with van der Waals surface area (Å²) in [5.74, 6) is -1.73.